The van der Waals surface area contributed by atoms with Gasteiger partial charge in [0.05, 0.1) is 11.3 Å². The number of benzene rings is 2. The van der Waals surface area contributed by atoms with Gasteiger partial charge >= 0.3 is 6.18 Å². The van der Waals surface area contributed by atoms with Crippen LogP contribution in [0.1, 0.15) is 5.56 Å². The third-order valence-electron chi connectivity index (χ3n) is 3.31. The van der Waals surface area contributed by atoms with E-state index in [-0.39, 0.29) is 22.5 Å². The summed E-state index contributed by atoms with van der Waals surface area (Å²) in [4.78, 5) is 8.09. The zero-order valence-electron chi connectivity index (χ0n) is 13.0. The monoisotopic (exact) mass is 382 g/mol. The van der Waals surface area contributed by atoms with Crippen molar-refractivity contribution in [2.75, 3.05) is 10.6 Å². The first-order chi connectivity index (χ1) is 12.3. The summed E-state index contributed by atoms with van der Waals surface area (Å²) in [5.74, 6) is -0.101. The molecular weight excluding hydrogens is 372 g/mol. The van der Waals surface area contributed by atoms with Gasteiger partial charge in [0, 0.05) is 16.9 Å². The number of nitrogens with one attached hydrogen (secondary N) is 2. The van der Waals surface area contributed by atoms with Crippen LogP contribution in [-0.4, -0.2) is 9.97 Å². The maximum atomic E-state index is 13.2. The Bertz CT molecular complexity index is 913. The van der Waals surface area contributed by atoms with Crippen molar-refractivity contribution >= 4 is 34.7 Å². The first-order valence-corrected chi connectivity index (χ1v) is 7.68. The number of hydrogen-bond donors (Lipinski definition) is 2. The lowest BCUT2D eigenvalue weighted by Crippen LogP contribution is -2.09. The van der Waals surface area contributed by atoms with E-state index in [4.69, 9.17) is 11.6 Å². The van der Waals surface area contributed by atoms with Gasteiger partial charge < -0.3 is 10.6 Å². The second-order valence-electron chi connectivity index (χ2n) is 5.21. The summed E-state index contributed by atoms with van der Waals surface area (Å²) >= 11 is 5.66. The second kappa shape index (κ2) is 7.17. The van der Waals surface area contributed by atoms with Crippen LogP contribution in [0, 0.1) is 5.82 Å². The fourth-order valence-corrected chi connectivity index (χ4v) is 2.32. The van der Waals surface area contributed by atoms with E-state index in [0.29, 0.717) is 5.69 Å². The molecule has 0 atom stereocenters. The molecular formula is C17H11ClF4N4. The van der Waals surface area contributed by atoms with E-state index in [2.05, 4.69) is 20.6 Å². The molecule has 0 bridgehead atoms. The third kappa shape index (κ3) is 4.40. The van der Waals surface area contributed by atoms with Crippen LogP contribution in [0.4, 0.5) is 40.7 Å². The lowest BCUT2D eigenvalue weighted by molar-refractivity contribution is -0.136. The van der Waals surface area contributed by atoms with Crippen LogP contribution in [-0.2, 0) is 6.18 Å². The van der Waals surface area contributed by atoms with E-state index >= 15 is 0 Å². The summed E-state index contributed by atoms with van der Waals surface area (Å²) in [6, 6.07) is 10.3. The highest BCUT2D eigenvalue weighted by Crippen LogP contribution is 2.37. The summed E-state index contributed by atoms with van der Waals surface area (Å²) in [7, 11) is 0. The van der Waals surface area contributed by atoms with Gasteiger partial charge in [-0.1, -0.05) is 11.6 Å². The van der Waals surface area contributed by atoms with Gasteiger partial charge in [0.1, 0.15) is 11.6 Å². The minimum absolute atomic E-state index is 0.0239. The smallest absolute Gasteiger partial charge is 0.340 e. The van der Waals surface area contributed by atoms with E-state index in [0.717, 1.165) is 6.07 Å². The van der Waals surface area contributed by atoms with Gasteiger partial charge in [0.25, 0.3) is 0 Å². The van der Waals surface area contributed by atoms with Crippen LogP contribution in [0.3, 0.4) is 0 Å². The maximum absolute atomic E-state index is 13.2. The Morgan fingerprint density at radius 1 is 0.923 bits per heavy atom. The van der Waals surface area contributed by atoms with Gasteiger partial charge in [-0.05, 0) is 48.5 Å². The van der Waals surface area contributed by atoms with E-state index in [1.54, 1.807) is 0 Å². The van der Waals surface area contributed by atoms with Crippen molar-refractivity contribution in [2.45, 2.75) is 6.18 Å². The molecule has 3 aromatic rings. The van der Waals surface area contributed by atoms with E-state index in [1.165, 1.54) is 48.7 Å². The third-order valence-corrected chi connectivity index (χ3v) is 3.54. The lowest BCUT2D eigenvalue weighted by atomic mass is 10.1. The van der Waals surface area contributed by atoms with Gasteiger partial charge in [-0.25, -0.2) is 9.37 Å². The molecule has 0 spiro atoms. The van der Waals surface area contributed by atoms with Gasteiger partial charge in [-0.15, -0.1) is 0 Å². The van der Waals surface area contributed by atoms with Crippen LogP contribution < -0.4 is 10.6 Å². The van der Waals surface area contributed by atoms with E-state index < -0.39 is 17.6 Å². The highest BCUT2D eigenvalue weighted by molar-refractivity contribution is 6.30. The van der Waals surface area contributed by atoms with Gasteiger partial charge in [0.15, 0.2) is 0 Å². The molecule has 3 rings (SSSR count). The summed E-state index contributed by atoms with van der Waals surface area (Å²) in [6.07, 6.45) is -3.19. The topological polar surface area (TPSA) is 49.8 Å². The zero-order chi connectivity index (χ0) is 18.7. The summed E-state index contributed by atoms with van der Waals surface area (Å²) in [5.41, 5.74) is -0.559. The molecule has 0 amide bonds. The molecule has 134 valence electrons. The molecule has 0 aliphatic rings. The van der Waals surface area contributed by atoms with Crippen LogP contribution in [0.2, 0.25) is 5.02 Å². The number of halogens is 5. The molecule has 0 aliphatic carbocycles. The predicted octanol–water partition coefficient (Wildman–Crippen LogP) is 5.78. The number of anilines is 4. The summed E-state index contributed by atoms with van der Waals surface area (Å²) < 4.78 is 52.4. The number of aromatic nitrogens is 2. The molecule has 2 aromatic carbocycles. The molecule has 1 heterocycles. The molecule has 0 radical (unpaired) electrons. The molecule has 0 unspecified atom stereocenters. The average molecular weight is 383 g/mol. The van der Waals surface area contributed by atoms with Crippen molar-refractivity contribution in [3.63, 3.8) is 0 Å². The number of rotatable bonds is 4. The van der Waals surface area contributed by atoms with E-state index in [1.807, 2.05) is 0 Å². The molecule has 0 saturated heterocycles. The van der Waals surface area contributed by atoms with E-state index in [9.17, 15) is 17.6 Å². The van der Waals surface area contributed by atoms with Gasteiger partial charge in [-0.3, -0.25) is 0 Å². The lowest BCUT2D eigenvalue weighted by Gasteiger charge is -2.15. The Morgan fingerprint density at radius 3 is 2.35 bits per heavy atom. The fraction of sp³-hybridized carbons (Fsp3) is 0.0588. The minimum atomic E-state index is -4.57. The molecule has 26 heavy (non-hydrogen) atoms. The predicted molar refractivity (Wildman–Crippen MR) is 91.5 cm³/mol. The number of nitrogens with zero attached hydrogens (tertiary/aromatic N) is 2. The Kier molecular flexibility index (Phi) is 4.94. The van der Waals surface area contributed by atoms with Crippen LogP contribution in [0.15, 0.2) is 54.7 Å². The quantitative estimate of drug-likeness (QED) is 0.562. The first kappa shape index (κ1) is 17.9. The molecule has 1 aromatic heterocycles. The zero-order valence-corrected chi connectivity index (χ0v) is 13.7. The molecule has 0 saturated carbocycles. The van der Waals surface area contributed by atoms with Crippen molar-refractivity contribution in [1.29, 1.82) is 0 Å². The maximum Gasteiger partial charge on any atom is 0.418 e. The van der Waals surface area contributed by atoms with Crippen molar-refractivity contribution in [3.8, 4) is 0 Å². The van der Waals surface area contributed by atoms with Gasteiger partial charge in [-0.2, -0.15) is 18.2 Å². The second-order valence-corrected chi connectivity index (χ2v) is 5.65. The highest BCUT2D eigenvalue weighted by Gasteiger charge is 2.33. The van der Waals surface area contributed by atoms with Crippen LogP contribution in [0.25, 0.3) is 0 Å². The van der Waals surface area contributed by atoms with Crippen molar-refractivity contribution in [2.24, 2.45) is 0 Å². The molecule has 9 heteroatoms. The van der Waals surface area contributed by atoms with Crippen molar-refractivity contribution in [1.82, 2.24) is 9.97 Å². The minimum Gasteiger partial charge on any atom is -0.340 e. The van der Waals surface area contributed by atoms with Gasteiger partial charge in [0.2, 0.25) is 5.95 Å². The Balaban J connectivity index is 1.84. The summed E-state index contributed by atoms with van der Waals surface area (Å²) in [6.45, 7) is 0. The fourth-order valence-electron chi connectivity index (χ4n) is 2.15. The normalized spacial score (nSPS) is 11.3. The Morgan fingerprint density at radius 2 is 1.65 bits per heavy atom. The average Bonchev–Trinajstić information content (AvgIpc) is 2.58. The van der Waals surface area contributed by atoms with Crippen LogP contribution >= 0.6 is 11.6 Å². The molecule has 4 nitrogen and oxygen atoms in total. The number of hydrogen-bond acceptors (Lipinski definition) is 4. The Labute approximate surface area is 150 Å². The van der Waals surface area contributed by atoms with Crippen molar-refractivity contribution in [3.05, 3.63) is 71.1 Å². The summed E-state index contributed by atoms with van der Waals surface area (Å²) in [5, 5.41) is 5.43. The number of alkyl halides is 3. The molecule has 0 aliphatic heterocycles. The highest BCUT2D eigenvalue weighted by atomic mass is 35.5. The standard InChI is InChI=1S/C17H11ClF4N4/c18-10-1-6-14(13(9-10)17(20,21)22)25-15-7-8-23-16(26-15)24-12-4-2-11(19)3-5-12/h1-9H,(H2,23,24,25,26). The first-order valence-electron chi connectivity index (χ1n) is 7.31. The SMILES string of the molecule is Fc1ccc(Nc2nccc(Nc3ccc(Cl)cc3C(F)(F)F)n2)cc1. The molecule has 0 fully saturated rings. The largest absolute Gasteiger partial charge is 0.418 e. The molecule has 2 N–H and O–H groups in total. The Hall–Kier alpha value is -2.87. The van der Waals surface area contributed by atoms with Crippen LogP contribution in [0.5, 0.6) is 0 Å². The van der Waals surface area contributed by atoms with Crippen molar-refractivity contribution < 1.29 is 17.6 Å².